The molecule has 2 aromatic rings. The average molecular weight is 377 g/mol. The van der Waals surface area contributed by atoms with E-state index in [-0.39, 0.29) is 5.41 Å². The van der Waals surface area contributed by atoms with Crippen molar-refractivity contribution in [2.24, 2.45) is 0 Å². The largest absolute Gasteiger partial charge is 0.496 e. The molecule has 1 aliphatic carbocycles. The first-order valence-corrected chi connectivity index (χ1v) is 12.4. The van der Waals surface area contributed by atoms with Crippen molar-refractivity contribution in [1.82, 2.24) is 0 Å². The van der Waals surface area contributed by atoms with Crippen molar-refractivity contribution in [1.29, 1.82) is 0 Å². The first kappa shape index (κ1) is 19.8. The topological polar surface area (TPSA) is 9.23 Å². The molecule has 0 radical (unpaired) electrons. The van der Waals surface area contributed by atoms with Crippen LogP contribution in [0.25, 0.3) is 17.2 Å². The second kappa shape index (κ2) is 7.24. The molecule has 0 heterocycles. The maximum absolute atomic E-state index is 6.10. The number of benzene rings is 2. The highest BCUT2D eigenvalue weighted by Gasteiger charge is 2.29. The molecule has 3 rings (SSSR count). The maximum Gasteiger partial charge on any atom is 0.131 e. The average Bonchev–Trinajstić information content (AvgIpc) is 2.90. The molecule has 0 saturated carbocycles. The molecule has 0 N–H and O–H groups in total. The molecule has 0 fully saturated rings. The molecule has 0 bridgehead atoms. The highest BCUT2D eigenvalue weighted by Crippen LogP contribution is 2.46. The van der Waals surface area contributed by atoms with Gasteiger partial charge in [0.05, 0.1) is 7.11 Å². The number of aryl methyl sites for hydroxylation is 2. The molecule has 0 amide bonds. The second-order valence-corrected chi connectivity index (χ2v) is 11.3. The monoisotopic (exact) mass is 376 g/mol. The van der Waals surface area contributed by atoms with Gasteiger partial charge in [0.15, 0.2) is 0 Å². The lowest BCUT2D eigenvalue weighted by atomic mass is 9.81. The van der Waals surface area contributed by atoms with E-state index >= 15 is 0 Å². The predicted molar refractivity (Wildman–Crippen MR) is 122 cm³/mol. The number of hydrogen-bond acceptors (Lipinski definition) is 1. The fourth-order valence-electron chi connectivity index (χ4n) is 4.54. The van der Waals surface area contributed by atoms with Crippen LogP contribution in [-0.4, -0.2) is 21.2 Å². The molecule has 0 aromatic heterocycles. The summed E-state index contributed by atoms with van der Waals surface area (Å²) in [5.74, 6) is 1.04. The Labute approximate surface area is 166 Å². The second-order valence-electron chi connectivity index (χ2n) is 8.89. The molecular formula is C25H32OSi. The number of fused-ring (bicyclic) bond motifs is 1. The number of rotatable bonds is 4. The van der Waals surface area contributed by atoms with Crippen molar-refractivity contribution in [3.05, 3.63) is 57.7 Å². The van der Waals surface area contributed by atoms with Crippen LogP contribution in [0, 0.1) is 13.8 Å². The minimum Gasteiger partial charge on any atom is -0.496 e. The Morgan fingerprint density at radius 2 is 1.63 bits per heavy atom. The first-order chi connectivity index (χ1) is 12.6. The van der Waals surface area contributed by atoms with E-state index in [0.29, 0.717) is 0 Å². The number of methoxy groups -OCH3 is 1. The van der Waals surface area contributed by atoms with Crippen molar-refractivity contribution in [2.75, 3.05) is 7.11 Å². The SMILES string of the molecule is COc1c(C(C)(C)C=[Si](C)C)cc2c(c1-c1cc(C)cc(C)c1)C=C(C)C2. The third-order valence-electron chi connectivity index (χ3n) is 5.32. The third kappa shape index (κ3) is 3.86. The van der Waals surface area contributed by atoms with Gasteiger partial charge in [-0.2, -0.15) is 0 Å². The van der Waals surface area contributed by atoms with E-state index in [1.165, 1.54) is 44.5 Å². The van der Waals surface area contributed by atoms with Gasteiger partial charge in [-0.15, -0.1) is 0 Å². The van der Waals surface area contributed by atoms with Crippen LogP contribution >= 0.6 is 0 Å². The Morgan fingerprint density at radius 3 is 2.19 bits per heavy atom. The number of ether oxygens (including phenoxy) is 1. The number of allylic oxidation sites excluding steroid dienone is 1. The third-order valence-corrected chi connectivity index (χ3v) is 6.62. The smallest absolute Gasteiger partial charge is 0.131 e. The van der Waals surface area contributed by atoms with Crippen LogP contribution in [-0.2, 0) is 11.8 Å². The molecule has 0 atom stereocenters. The van der Waals surface area contributed by atoms with Gasteiger partial charge < -0.3 is 4.74 Å². The van der Waals surface area contributed by atoms with Crippen LogP contribution < -0.4 is 4.74 Å². The lowest BCUT2D eigenvalue weighted by molar-refractivity contribution is 0.406. The Morgan fingerprint density at radius 1 is 1.00 bits per heavy atom. The normalized spacial score (nSPS) is 13.3. The van der Waals surface area contributed by atoms with Gasteiger partial charge in [-0.1, -0.05) is 79.7 Å². The van der Waals surface area contributed by atoms with Gasteiger partial charge in [0.25, 0.3) is 0 Å². The van der Waals surface area contributed by atoms with Crippen LogP contribution in [0.5, 0.6) is 5.75 Å². The van der Waals surface area contributed by atoms with Crippen LogP contribution in [0.3, 0.4) is 0 Å². The molecule has 0 saturated heterocycles. The minimum absolute atomic E-state index is 0.0116. The minimum atomic E-state index is -0.471. The molecular weight excluding hydrogens is 344 g/mol. The van der Waals surface area contributed by atoms with E-state index < -0.39 is 8.41 Å². The van der Waals surface area contributed by atoms with Crippen LogP contribution in [0.15, 0.2) is 29.8 Å². The van der Waals surface area contributed by atoms with Crippen molar-refractivity contribution < 1.29 is 4.74 Å². The van der Waals surface area contributed by atoms with E-state index in [1.54, 1.807) is 0 Å². The van der Waals surface area contributed by atoms with Gasteiger partial charge in [0.1, 0.15) is 5.75 Å². The van der Waals surface area contributed by atoms with Crippen molar-refractivity contribution >= 4 is 20.2 Å². The molecule has 0 aliphatic heterocycles. The zero-order valence-corrected chi connectivity index (χ0v) is 19.1. The molecule has 27 heavy (non-hydrogen) atoms. The highest BCUT2D eigenvalue weighted by molar-refractivity contribution is 6.64. The number of hydrogen-bond donors (Lipinski definition) is 0. The van der Waals surface area contributed by atoms with Gasteiger partial charge in [-0.3, -0.25) is 0 Å². The first-order valence-electron chi connectivity index (χ1n) is 9.78. The van der Waals surface area contributed by atoms with Crippen LogP contribution in [0.1, 0.15) is 48.6 Å². The van der Waals surface area contributed by atoms with Gasteiger partial charge >= 0.3 is 0 Å². The fraction of sp³-hybridized carbons (Fsp3) is 0.400. The molecule has 142 valence electrons. The Bertz CT molecular complexity index is 937. The summed E-state index contributed by atoms with van der Waals surface area (Å²) in [6.07, 6.45) is 3.39. The lowest BCUT2D eigenvalue weighted by Crippen LogP contribution is -2.24. The summed E-state index contributed by atoms with van der Waals surface area (Å²) < 4.78 is 6.10. The fourth-order valence-corrected chi connectivity index (χ4v) is 6.14. The van der Waals surface area contributed by atoms with E-state index in [9.17, 15) is 0 Å². The summed E-state index contributed by atoms with van der Waals surface area (Å²) in [5.41, 5.74) is 13.1. The summed E-state index contributed by atoms with van der Waals surface area (Å²) in [6, 6.07) is 9.22. The molecule has 1 nitrogen and oxygen atoms in total. The van der Waals surface area contributed by atoms with Gasteiger partial charge in [0.2, 0.25) is 0 Å². The van der Waals surface area contributed by atoms with Gasteiger partial charge in [-0.25, -0.2) is 0 Å². The summed E-state index contributed by atoms with van der Waals surface area (Å²) in [5, 5.41) is 0. The van der Waals surface area contributed by atoms with Gasteiger partial charge in [0, 0.05) is 16.5 Å². The van der Waals surface area contributed by atoms with Crippen molar-refractivity contribution in [3.63, 3.8) is 0 Å². The lowest BCUT2D eigenvalue weighted by Gasteiger charge is -2.28. The molecule has 2 aromatic carbocycles. The van der Waals surface area contributed by atoms with E-state index in [4.69, 9.17) is 4.74 Å². The van der Waals surface area contributed by atoms with Gasteiger partial charge in [-0.05, 0) is 52.3 Å². The maximum atomic E-state index is 6.10. The Kier molecular flexibility index (Phi) is 5.31. The summed E-state index contributed by atoms with van der Waals surface area (Å²) >= 11 is 0. The zero-order valence-electron chi connectivity index (χ0n) is 18.1. The highest BCUT2D eigenvalue weighted by atomic mass is 28.2. The van der Waals surface area contributed by atoms with E-state index in [2.05, 4.69) is 83.7 Å². The quantitative estimate of drug-likeness (QED) is 0.565. The van der Waals surface area contributed by atoms with Crippen LogP contribution in [0.4, 0.5) is 0 Å². The van der Waals surface area contributed by atoms with Crippen molar-refractivity contribution in [2.45, 2.75) is 59.5 Å². The summed E-state index contributed by atoms with van der Waals surface area (Å²) in [4.78, 5) is 0. The van der Waals surface area contributed by atoms with Crippen LogP contribution in [0.2, 0.25) is 13.1 Å². The zero-order chi connectivity index (χ0) is 19.9. The Hall–Kier alpha value is -1.93. The molecule has 1 aliphatic rings. The standard InChI is InChI=1S/C25H32OSi/c1-16-9-17(2)12-20(11-16)23-21-13-18(3)10-19(21)14-22(24(23)26-6)25(4,5)15-27(7)8/h9,11-15H,10H2,1-8H3. The Balaban J connectivity index is 2.39. The summed E-state index contributed by atoms with van der Waals surface area (Å²) in [6.45, 7) is 15.9. The molecule has 2 heteroatoms. The molecule has 0 spiro atoms. The summed E-state index contributed by atoms with van der Waals surface area (Å²) in [7, 11) is 1.35. The molecule has 0 unspecified atom stereocenters. The van der Waals surface area contributed by atoms with E-state index in [1.807, 2.05) is 7.11 Å². The van der Waals surface area contributed by atoms with E-state index in [0.717, 1.165) is 12.2 Å². The predicted octanol–water partition coefficient (Wildman–Crippen LogP) is 6.35. The van der Waals surface area contributed by atoms with Crippen molar-refractivity contribution in [3.8, 4) is 16.9 Å².